The Hall–Kier alpha value is -0.130. The molecule has 0 saturated heterocycles. The predicted octanol–water partition coefficient (Wildman–Crippen LogP) is 0.181. The zero-order valence-electron chi connectivity index (χ0n) is 8.10. The molecule has 1 saturated carbocycles. The Morgan fingerprint density at radius 1 is 1.31 bits per heavy atom. The second kappa shape index (κ2) is 3.94. The van der Waals surface area contributed by atoms with Gasteiger partial charge in [0.1, 0.15) is 0 Å². The van der Waals surface area contributed by atoms with Crippen molar-refractivity contribution in [3.05, 3.63) is 0 Å². The zero-order valence-corrected chi connectivity index (χ0v) is 8.92. The lowest BCUT2D eigenvalue weighted by Gasteiger charge is -2.33. The van der Waals surface area contributed by atoms with Gasteiger partial charge in [0.15, 0.2) is 0 Å². The smallest absolute Gasteiger partial charge is 0.211 e. The van der Waals surface area contributed by atoms with Crippen LogP contribution in [-0.4, -0.2) is 43.3 Å². The monoisotopic (exact) mass is 207 g/mol. The molecular formula is C8H17NO3S. The molecule has 1 N–H and O–H groups in total. The first kappa shape index (κ1) is 10.9. The number of hydrogen-bond donors (Lipinski definition) is 1. The average molecular weight is 207 g/mol. The van der Waals surface area contributed by atoms with Gasteiger partial charge in [0.2, 0.25) is 10.0 Å². The first-order chi connectivity index (χ1) is 5.93. The Labute approximate surface area is 79.6 Å². The third-order valence-electron chi connectivity index (χ3n) is 2.68. The summed E-state index contributed by atoms with van der Waals surface area (Å²) < 4.78 is 23.7. The number of likely N-dealkylation sites (N-methyl/N-ethyl adjacent to an activating group) is 1. The third kappa shape index (κ3) is 2.65. The van der Waals surface area contributed by atoms with Crippen LogP contribution >= 0.6 is 0 Å². The summed E-state index contributed by atoms with van der Waals surface area (Å²) in [5.41, 5.74) is 0. The third-order valence-corrected chi connectivity index (χ3v) is 4.00. The molecule has 0 aromatic heterocycles. The van der Waals surface area contributed by atoms with Crippen molar-refractivity contribution < 1.29 is 13.5 Å². The first-order valence-electron chi connectivity index (χ1n) is 4.54. The van der Waals surface area contributed by atoms with Gasteiger partial charge in [-0.2, -0.15) is 4.31 Å². The molecule has 1 fully saturated rings. The topological polar surface area (TPSA) is 57.6 Å². The van der Waals surface area contributed by atoms with Crippen molar-refractivity contribution in [3.8, 4) is 0 Å². The van der Waals surface area contributed by atoms with Gasteiger partial charge >= 0.3 is 0 Å². The molecule has 2 atom stereocenters. The fourth-order valence-electron chi connectivity index (χ4n) is 1.76. The van der Waals surface area contributed by atoms with Crippen molar-refractivity contribution in [2.75, 3.05) is 13.3 Å². The van der Waals surface area contributed by atoms with Gasteiger partial charge < -0.3 is 5.11 Å². The van der Waals surface area contributed by atoms with E-state index in [4.69, 9.17) is 0 Å². The number of rotatable bonds is 2. The molecule has 0 aromatic rings. The van der Waals surface area contributed by atoms with Crippen molar-refractivity contribution in [2.24, 2.45) is 0 Å². The molecule has 0 spiro atoms. The molecule has 1 aliphatic carbocycles. The van der Waals surface area contributed by atoms with Gasteiger partial charge in [0.05, 0.1) is 18.4 Å². The fraction of sp³-hybridized carbons (Fsp3) is 1.00. The van der Waals surface area contributed by atoms with Crippen LogP contribution in [0.5, 0.6) is 0 Å². The summed E-state index contributed by atoms with van der Waals surface area (Å²) in [5.74, 6) is 0. The summed E-state index contributed by atoms with van der Waals surface area (Å²) in [5, 5.41) is 9.60. The summed E-state index contributed by atoms with van der Waals surface area (Å²) in [6, 6.07) is -0.219. The van der Waals surface area contributed by atoms with Gasteiger partial charge in [-0.15, -0.1) is 0 Å². The van der Waals surface area contributed by atoms with Crippen LogP contribution in [0.2, 0.25) is 0 Å². The Bertz CT molecular complexity index is 263. The molecule has 0 aromatic carbocycles. The Morgan fingerprint density at radius 3 is 2.31 bits per heavy atom. The van der Waals surface area contributed by atoms with Gasteiger partial charge in [-0.1, -0.05) is 12.8 Å². The number of nitrogens with zero attached hydrogens (tertiary/aromatic N) is 1. The SMILES string of the molecule is CN(C1CCCCC1O)S(C)(=O)=O. The minimum atomic E-state index is -3.16. The maximum atomic E-state index is 11.2. The molecule has 0 radical (unpaired) electrons. The molecule has 1 aliphatic rings. The van der Waals surface area contributed by atoms with E-state index in [-0.39, 0.29) is 6.04 Å². The molecule has 5 heteroatoms. The molecular weight excluding hydrogens is 190 g/mol. The van der Waals surface area contributed by atoms with Crippen LogP contribution in [0, 0.1) is 0 Å². The number of aliphatic hydroxyl groups is 1. The van der Waals surface area contributed by atoms with E-state index in [9.17, 15) is 13.5 Å². The largest absolute Gasteiger partial charge is 0.391 e. The van der Waals surface area contributed by atoms with E-state index in [0.29, 0.717) is 6.42 Å². The lowest BCUT2D eigenvalue weighted by atomic mass is 9.93. The van der Waals surface area contributed by atoms with Crippen LogP contribution in [0.4, 0.5) is 0 Å². The van der Waals surface area contributed by atoms with Crippen LogP contribution in [0.3, 0.4) is 0 Å². The van der Waals surface area contributed by atoms with Crippen molar-refractivity contribution in [3.63, 3.8) is 0 Å². The number of sulfonamides is 1. The van der Waals surface area contributed by atoms with Crippen LogP contribution in [-0.2, 0) is 10.0 Å². The Kier molecular flexibility index (Phi) is 3.32. The summed E-state index contributed by atoms with van der Waals surface area (Å²) in [6.07, 6.45) is 4.16. The lowest BCUT2D eigenvalue weighted by Crippen LogP contribution is -2.45. The lowest BCUT2D eigenvalue weighted by molar-refractivity contribution is 0.0640. The summed E-state index contributed by atoms with van der Waals surface area (Å²) in [6.45, 7) is 0. The Balaban J connectivity index is 2.70. The van der Waals surface area contributed by atoms with E-state index < -0.39 is 16.1 Å². The van der Waals surface area contributed by atoms with Gasteiger partial charge in [-0.05, 0) is 12.8 Å². The van der Waals surface area contributed by atoms with Crippen molar-refractivity contribution in [2.45, 2.75) is 37.8 Å². The molecule has 1 rings (SSSR count). The molecule has 13 heavy (non-hydrogen) atoms. The minimum absolute atomic E-state index is 0.219. The summed E-state index contributed by atoms with van der Waals surface area (Å²) in [4.78, 5) is 0. The highest BCUT2D eigenvalue weighted by molar-refractivity contribution is 7.88. The van der Waals surface area contributed by atoms with E-state index >= 15 is 0 Å². The quantitative estimate of drug-likeness (QED) is 0.703. The first-order valence-corrected chi connectivity index (χ1v) is 6.39. The second-order valence-electron chi connectivity index (χ2n) is 3.70. The molecule has 78 valence electrons. The fourth-order valence-corrected chi connectivity index (χ4v) is 2.50. The predicted molar refractivity (Wildman–Crippen MR) is 50.9 cm³/mol. The van der Waals surface area contributed by atoms with Crippen molar-refractivity contribution in [1.29, 1.82) is 0 Å². The highest BCUT2D eigenvalue weighted by Gasteiger charge is 2.30. The number of hydrogen-bond acceptors (Lipinski definition) is 3. The molecule has 0 aliphatic heterocycles. The van der Waals surface area contributed by atoms with E-state index in [1.165, 1.54) is 17.6 Å². The van der Waals surface area contributed by atoms with Crippen LogP contribution in [0.1, 0.15) is 25.7 Å². The minimum Gasteiger partial charge on any atom is -0.391 e. The van der Waals surface area contributed by atoms with Crippen molar-refractivity contribution in [1.82, 2.24) is 4.31 Å². The molecule has 4 nitrogen and oxygen atoms in total. The van der Waals surface area contributed by atoms with E-state index in [2.05, 4.69) is 0 Å². The van der Waals surface area contributed by atoms with Crippen molar-refractivity contribution >= 4 is 10.0 Å². The maximum Gasteiger partial charge on any atom is 0.211 e. The molecule has 2 unspecified atom stereocenters. The standard InChI is InChI=1S/C8H17NO3S/c1-9(13(2,11)12)7-5-3-4-6-8(7)10/h7-8,10H,3-6H2,1-2H3. The van der Waals surface area contributed by atoms with Gasteiger partial charge in [0, 0.05) is 7.05 Å². The van der Waals surface area contributed by atoms with E-state index in [0.717, 1.165) is 19.3 Å². The molecule has 0 bridgehead atoms. The molecule has 0 heterocycles. The van der Waals surface area contributed by atoms with Crippen LogP contribution < -0.4 is 0 Å². The summed E-state index contributed by atoms with van der Waals surface area (Å²) >= 11 is 0. The highest BCUT2D eigenvalue weighted by Crippen LogP contribution is 2.23. The average Bonchev–Trinajstić information content (AvgIpc) is 2.02. The van der Waals surface area contributed by atoms with Gasteiger partial charge in [-0.25, -0.2) is 8.42 Å². The van der Waals surface area contributed by atoms with Crippen LogP contribution in [0.25, 0.3) is 0 Å². The normalized spacial score (nSPS) is 30.8. The van der Waals surface area contributed by atoms with E-state index in [1.807, 2.05) is 0 Å². The maximum absolute atomic E-state index is 11.2. The highest BCUT2D eigenvalue weighted by atomic mass is 32.2. The second-order valence-corrected chi connectivity index (χ2v) is 5.74. The van der Waals surface area contributed by atoms with E-state index in [1.54, 1.807) is 0 Å². The summed E-state index contributed by atoms with van der Waals surface area (Å²) in [7, 11) is -1.63. The van der Waals surface area contributed by atoms with Gasteiger partial charge in [-0.3, -0.25) is 0 Å². The Morgan fingerprint density at radius 2 is 1.85 bits per heavy atom. The molecule has 0 amide bonds. The van der Waals surface area contributed by atoms with Crippen LogP contribution in [0.15, 0.2) is 0 Å². The van der Waals surface area contributed by atoms with Gasteiger partial charge in [0.25, 0.3) is 0 Å². The zero-order chi connectivity index (χ0) is 10.1. The number of aliphatic hydroxyl groups excluding tert-OH is 1.